The Balaban J connectivity index is 0.000000107. The first kappa shape index (κ1) is 65.6. The highest BCUT2D eigenvalue weighted by Gasteiger charge is 2.42. The van der Waals surface area contributed by atoms with Gasteiger partial charge in [0, 0.05) is 247 Å². The number of imide groups is 6. The van der Waals surface area contributed by atoms with Gasteiger partial charge in [-0.25, -0.2) is 0 Å². The molecule has 0 N–H and O–H groups in total. The molecule has 6 aliphatic rings. The minimum absolute atomic E-state index is 0.338. The number of fused-ring (bicyclic) bond motifs is 6. The molecule has 15 aromatic carbocycles. The lowest BCUT2D eigenvalue weighted by Crippen LogP contribution is -2.37. The topological polar surface area (TPSA) is 224 Å². The van der Waals surface area contributed by atoms with Crippen molar-refractivity contribution in [3.8, 4) is 0 Å². The van der Waals surface area contributed by atoms with E-state index < -0.39 is 0 Å². The molecule has 0 aliphatic carbocycles. The molecule has 104 heavy (non-hydrogen) atoms. The molecule has 6 aliphatic heterocycles. The summed E-state index contributed by atoms with van der Waals surface area (Å²) in [6.07, 6.45) is 0. The molecule has 0 spiro atoms. The van der Waals surface area contributed by atoms with Gasteiger partial charge in [-0.2, -0.15) is 0 Å². The summed E-state index contributed by atoms with van der Waals surface area (Å²) >= 11 is 29.5. The number of rotatable bonds is 0. The molecule has 0 radical (unpaired) electrons. The fourth-order valence-electron chi connectivity index (χ4n) is 16.9. The highest BCUT2D eigenvalue weighted by Crippen LogP contribution is 2.57. The van der Waals surface area contributed by atoms with E-state index in [2.05, 4.69) is 127 Å². The fraction of sp³-hybridized carbons (Fsp3) is 0.0769. The molecule has 0 fully saturated rings. The fourth-order valence-corrected chi connectivity index (χ4v) is 22.0. The van der Waals surface area contributed by atoms with Crippen molar-refractivity contribution in [2.75, 3.05) is 42.3 Å². The number of nitrogens with zero attached hydrogens (tertiary/aromatic N) is 6. The molecule has 15 aromatic rings. The Bertz CT molecular complexity index is 6580. The van der Waals surface area contributed by atoms with Gasteiger partial charge in [0.05, 0.1) is 0 Å². The van der Waals surface area contributed by atoms with E-state index in [9.17, 15) is 57.5 Å². The lowest BCUT2D eigenvalue weighted by atomic mass is 9.82. The predicted octanol–water partition coefficient (Wildman–Crippen LogP) is 18.7. The lowest BCUT2D eigenvalue weighted by Gasteiger charge is -2.29. The van der Waals surface area contributed by atoms with Crippen LogP contribution in [0, 0.1) is 0 Å². The van der Waals surface area contributed by atoms with Crippen molar-refractivity contribution < 1.29 is 57.5 Å². The van der Waals surface area contributed by atoms with E-state index in [1.54, 1.807) is 72.8 Å². The Morgan fingerprint density at radius 2 is 0.308 bits per heavy atom. The molecule has 0 unspecified atom stereocenters. The van der Waals surface area contributed by atoms with Gasteiger partial charge in [-0.15, -0.1) is 0 Å². The van der Waals surface area contributed by atoms with Crippen molar-refractivity contribution in [2.24, 2.45) is 0 Å². The molecule has 0 saturated heterocycles. The average Bonchev–Trinajstić information content (AvgIpc) is 0.672. The molecule has 18 nitrogen and oxygen atoms in total. The van der Waals surface area contributed by atoms with Gasteiger partial charge < -0.3 is 0 Å². The zero-order valence-corrected chi connectivity index (χ0v) is 66.5. The Kier molecular flexibility index (Phi) is 13.7. The molecule has 0 saturated carbocycles. The van der Waals surface area contributed by atoms with Crippen molar-refractivity contribution >= 4 is 328 Å². The van der Waals surface area contributed by atoms with E-state index in [0.717, 1.165) is 126 Å². The van der Waals surface area contributed by atoms with Crippen molar-refractivity contribution in [3.05, 3.63) is 200 Å². The van der Waals surface area contributed by atoms with Crippen LogP contribution < -0.4 is 0 Å². The normalized spacial score (nSPS) is 15.7. The highest BCUT2D eigenvalue weighted by molar-refractivity contribution is 9.12. The third-order valence-electron chi connectivity index (χ3n) is 21.6. The summed E-state index contributed by atoms with van der Waals surface area (Å²) in [4.78, 5) is 163. The second kappa shape index (κ2) is 21.8. The van der Waals surface area contributed by atoms with Crippen LogP contribution in [0.4, 0.5) is 0 Å². The molecule has 504 valence electrons. The largest absolute Gasteiger partial charge is 0.277 e. The minimum Gasteiger partial charge on any atom is -0.277 e. The van der Waals surface area contributed by atoms with Crippen LogP contribution in [0.2, 0.25) is 0 Å². The first-order valence-corrected chi connectivity index (χ1v) is 37.9. The van der Waals surface area contributed by atoms with Crippen molar-refractivity contribution in [1.82, 2.24) is 29.4 Å². The summed E-state index contributed by atoms with van der Waals surface area (Å²) in [5, 5.41) is 18.2. The van der Waals surface area contributed by atoms with Crippen LogP contribution in [0.1, 0.15) is 124 Å². The number of benzene rings is 15. The zero-order valence-electron chi connectivity index (χ0n) is 53.8. The Hall–Kier alpha value is -9.12. The van der Waals surface area contributed by atoms with Crippen LogP contribution in [-0.2, 0) is 0 Å². The smallest absolute Gasteiger partial charge is 0.261 e. The molecule has 6 heterocycles. The summed E-state index contributed by atoms with van der Waals surface area (Å²) in [5.74, 6) is -4.26. The zero-order chi connectivity index (χ0) is 73.1. The molecule has 0 aromatic heterocycles. The first-order chi connectivity index (χ1) is 49.5. The van der Waals surface area contributed by atoms with Gasteiger partial charge in [0.25, 0.3) is 70.9 Å². The molecular weight excluding hydrogens is 1850 g/mol. The SMILES string of the molecule is CN1C(=O)c2cc(Br)c3c4c(Br)cc5c6c(cc(Br)c(c7c(Br)cc(c2c37)C1=O)c64)C(=O)N(C)C5=O.CN1C(=O)c2ccc3c4c(Br)cc5c6c(cc(Br)c(c7ccc(c2c37)C1=O)c64)C(=O)N(C)C5=O.CN1C(=O)c2ccc3c4c(Br)cc5c6c(ccc(c7c(Br)cc(c2c37)C1=O)c64)C(=O)N(C)C5=O. The molecular formula is C78H34Br8N6O12. The van der Waals surface area contributed by atoms with Gasteiger partial charge in [-0.05, 0) is 99.7 Å². The Morgan fingerprint density at radius 3 is 0.519 bits per heavy atom. The monoisotopic (exact) mass is 1880 g/mol. The van der Waals surface area contributed by atoms with E-state index in [4.69, 9.17) is 0 Å². The number of hydrogen-bond donors (Lipinski definition) is 0. The maximum atomic E-state index is 13.2. The summed E-state index contributed by atoms with van der Waals surface area (Å²) in [6.45, 7) is 0. The van der Waals surface area contributed by atoms with Gasteiger partial charge in [0.15, 0.2) is 0 Å². The van der Waals surface area contributed by atoms with Crippen LogP contribution in [0.15, 0.2) is 133 Å². The molecule has 21 rings (SSSR count). The quantitative estimate of drug-likeness (QED) is 0.0785. The van der Waals surface area contributed by atoms with Crippen molar-refractivity contribution in [1.29, 1.82) is 0 Å². The van der Waals surface area contributed by atoms with Gasteiger partial charge in [0.2, 0.25) is 0 Å². The van der Waals surface area contributed by atoms with Crippen LogP contribution in [0.5, 0.6) is 0 Å². The number of carbonyl (C=O) groups excluding carboxylic acids is 12. The van der Waals surface area contributed by atoms with Gasteiger partial charge in [-0.1, -0.05) is 152 Å². The second-order valence-corrected chi connectivity index (χ2v) is 33.2. The number of carbonyl (C=O) groups is 12. The highest BCUT2D eigenvalue weighted by atomic mass is 79.9. The van der Waals surface area contributed by atoms with E-state index in [0.29, 0.717) is 135 Å². The van der Waals surface area contributed by atoms with E-state index in [1.165, 1.54) is 42.3 Å². The third-order valence-corrected chi connectivity index (χ3v) is 26.6. The van der Waals surface area contributed by atoms with Crippen LogP contribution >= 0.6 is 127 Å². The molecule has 26 heteroatoms. The van der Waals surface area contributed by atoms with Crippen molar-refractivity contribution in [3.63, 3.8) is 0 Å². The maximum absolute atomic E-state index is 13.2. The van der Waals surface area contributed by atoms with Gasteiger partial charge in [-0.3, -0.25) is 86.9 Å². The number of halogens is 8. The average molecular weight is 1890 g/mol. The van der Waals surface area contributed by atoms with E-state index >= 15 is 0 Å². The van der Waals surface area contributed by atoms with Gasteiger partial charge >= 0.3 is 0 Å². The molecule has 0 atom stereocenters. The van der Waals surface area contributed by atoms with Crippen molar-refractivity contribution in [2.45, 2.75) is 0 Å². The number of amides is 12. The van der Waals surface area contributed by atoms with Gasteiger partial charge in [0.1, 0.15) is 0 Å². The standard InChI is InChI=1S/C26H10Br4N2O4.2C26H12Br2N2O4/c1-31-23(33)7-3-11(27)17-19-13(29)5-9-16-10(26(36)32(2)25(9)35)6-14(30)20(22(16)19)18-12(28)4-8(24(31)34)15(7)21(17)18;1-29-23(31)11-5-3-9-20-16(28)8-14-18-12(24(32)30(2)26(14)34)6-4-10(22(18)20)19-15(27)7-13(25(29)33)17(11)21(9)19;1-29-23(31)11-5-3-9-17-10(4-6-12(18(11)17)24(29)32)21-16(28)8-14-19-13(25(33)30(2)26(14)34)7-15(27)20(9)22(19)21/h3-6H,1-2H3;2*3-8H,1-2H3. The van der Waals surface area contributed by atoms with E-state index in [-0.39, 0.29) is 70.9 Å². The predicted molar refractivity (Wildman–Crippen MR) is 423 cm³/mol. The summed E-state index contributed by atoms with van der Waals surface area (Å²) in [6, 6.07) is 28.6. The summed E-state index contributed by atoms with van der Waals surface area (Å²) in [5.41, 5.74) is 5.46. The summed E-state index contributed by atoms with van der Waals surface area (Å²) < 4.78 is 5.48. The number of hydrogen-bond acceptors (Lipinski definition) is 12. The van der Waals surface area contributed by atoms with E-state index in [1.807, 2.05) is 24.3 Å². The third kappa shape index (κ3) is 7.91. The van der Waals surface area contributed by atoms with Crippen LogP contribution in [-0.4, -0.2) is 143 Å². The van der Waals surface area contributed by atoms with Crippen LogP contribution in [0.3, 0.4) is 0 Å². The Morgan fingerprint density at radius 1 is 0.163 bits per heavy atom. The summed E-state index contributed by atoms with van der Waals surface area (Å²) in [7, 11) is 8.90. The first-order valence-electron chi connectivity index (χ1n) is 31.6. The minimum atomic E-state index is -0.374. The lowest BCUT2D eigenvalue weighted by molar-refractivity contribution is 0.0635. The van der Waals surface area contributed by atoms with Crippen LogP contribution in [0.25, 0.3) is 129 Å². The molecule has 0 bridgehead atoms. The Labute approximate surface area is 650 Å². The maximum Gasteiger partial charge on any atom is 0.261 e. The molecule has 12 amide bonds. The second-order valence-electron chi connectivity index (χ2n) is 26.4.